The molecule has 2 aliphatic heterocycles. The van der Waals surface area contributed by atoms with Crippen LogP contribution in [0, 0.1) is 12.7 Å². The Morgan fingerprint density at radius 2 is 1.90 bits per heavy atom. The van der Waals surface area contributed by atoms with Crippen LogP contribution in [0.25, 0.3) is 5.69 Å². The van der Waals surface area contributed by atoms with Crippen LogP contribution in [0.15, 0.2) is 23.1 Å². The minimum Gasteiger partial charge on any atom is -0.365 e. The van der Waals surface area contributed by atoms with Crippen LogP contribution in [0.5, 0.6) is 0 Å². The van der Waals surface area contributed by atoms with Crippen molar-refractivity contribution in [1.82, 2.24) is 34.7 Å². The lowest BCUT2D eigenvalue weighted by Crippen LogP contribution is -2.55. The van der Waals surface area contributed by atoms with Gasteiger partial charge in [-0.1, -0.05) is 6.07 Å². The molecule has 2 atom stereocenters. The number of tetrazole rings is 1. The van der Waals surface area contributed by atoms with E-state index in [9.17, 15) is 18.0 Å². The molecule has 6 rings (SSSR count). The highest BCUT2D eigenvalue weighted by Gasteiger charge is 2.53. The monoisotopic (exact) mass is 543 g/mol. The number of hydrogen-bond acceptors (Lipinski definition) is 8. The first-order chi connectivity index (χ1) is 18.4. The standard InChI is InChI=1S/C26H32F3N9O/c1-14-7-18(15-5-6-15)21(38-24(39)36(4)34-35-38)9-20(14)32-23-30-12-19(27)22(33-23)31-16-8-17-11-26(28,29)13-37(17)25(2,3)10-16/h7,9,12,15-17H,5-6,8,10-11,13H2,1-4H3,(H2,30,31,32,33)/t16-,17+/m0/s1. The number of rotatable bonds is 6. The highest BCUT2D eigenvalue weighted by molar-refractivity contribution is 5.66. The number of hydrogen-bond donors (Lipinski definition) is 2. The Hall–Kier alpha value is -3.48. The SMILES string of the molecule is Cc1cc(C2CC2)c(-n2nnn(C)c2=O)cc1Nc1ncc(F)c(N[C@H]2C[C@@H]3CC(F)(F)CN3C(C)(C)C2)n1. The molecule has 39 heavy (non-hydrogen) atoms. The smallest absolute Gasteiger partial charge is 0.365 e. The highest BCUT2D eigenvalue weighted by Crippen LogP contribution is 2.45. The molecule has 2 aromatic heterocycles. The fourth-order valence-corrected chi connectivity index (χ4v) is 6.12. The van der Waals surface area contributed by atoms with Crippen molar-refractivity contribution in [2.45, 2.75) is 82.3 Å². The summed E-state index contributed by atoms with van der Waals surface area (Å²) >= 11 is 0. The van der Waals surface area contributed by atoms with Gasteiger partial charge in [-0.3, -0.25) is 4.90 Å². The second kappa shape index (κ2) is 9.04. The van der Waals surface area contributed by atoms with Gasteiger partial charge < -0.3 is 10.6 Å². The van der Waals surface area contributed by atoms with E-state index in [1.165, 1.54) is 9.36 Å². The number of piperidine rings is 1. The maximum atomic E-state index is 14.8. The van der Waals surface area contributed by atoms with Crippen molar-refractivity contribution in [3.63, 3.8) is 0 Å². The van der Waals surface area contributed by atoms with Gasteiger partial charge >= 0.3 is 5.69 Å². The van der Waals surface area contributed by atoms with E-state index in [-0.39, 0.29) is 42.5 Å². The van der Waals surface area contributed by atoms with Gasteiger partial charge in [0.05, 0.1) is 18.4 Å². The van der Waals surface area contributed by atoms with Gasteiger partial charge in [0.1, 0.15) is 0 Å². The molecule has 208 valence electrons. The van der Waals surface area contributed by atoms with Crippen LogP contribution in [-0.2, 0) is 7.05 Å². The zero-order valence-corrected chi connectivity index (χ0v) is 22.4. The maximum absolute atomic E-state index is 14.8. The Morgan fingerprint density at radius 3 is 2.59 bits per heavy atom. The molecule has 2 saturated heterocycles. The summed E-state index contributed by atoms with van der Waals surface area (Å²) in [5.74, 6) is -2.79. The predicted octanol–water partition coefficient (Wildman–Crippen LogP) is 3.89. The van der Waals surface area contributed by atoms with Gasteiger partial charge in [-0.15, -0.1) is 0 Å². The van der Waals surface area contributed by atoms with E-state index in [4.69, 9.17) is 0 Å². The van der Waals surface area contributed by atoms with Crippen LogP contribution in [0.3, 0.4) is 0 Å². The van der Waals surface area contributed by atoms with Gasteiger partial charge in [-0.05, 0) is 80.0 Å². The zero-order chi connectivity index (χ0) is 27.7. The summed E-state index contributed by atoms with van der Waals surface area (Å²) in [6, 6.07) is 3.34. The Kier molecular flexibility index (Phi) is 5.97. The predicted molar refractivity (Wildman–Crippen MR) is 139 cm³/mol. The lowest BCUT2D eigenvalue weighted by Gasteiger charge is -2.47. The molecule has 0 unspecified atom stereocenters. The Bertz CT molecular complexity index is 1480. The third kappa shape index (κ3) is 4.88. The first-order valence-corrected chi connectivity index (χ1v) is 13.2. The maximum Gasteiger partial charge on any atom is 0.368 e. The number of benzene rings is 1. The second-order valence-electron chi connectivity index (χ2n) is 11.7. The lowest BCUT2D eigenvalue weighted by molar-refractivity contribution is -0.00687. The molecule has 0 bridgehead atoms. The number of fused-ring (bicyclic) bond motifs is 1. The minimum atomic E-state index is -2.71. The van der Waals surface area contributed by atoms with E-state index in [0.29, 0.717) is 30.1 Å². The summed E-state index contributed by atoms with van der Waals surface area (Å²) in [4.78, 5) is 23.0. The van der Waals surface area contributed by atoms with Crippen LogP contribution < -0.4 is 16.3 Å². The first kappa shape index (κ1) is 25.8. The Morgan fingerprint density at radius 1 is 1.13 bits per heavy atom. The molecule has 3 fully saturated rings. The van der Waals surface area contributed by atoms with Crippen LogP contribution in [-0.4, -0.2) is 64.7 Å². The quantitative estimate of drug-likeness (QED) is 0.483. The van der Waals surface area contributed by atoms with Crippen molar-refractivity contribution >= 4 is 17.5 Å². The molecule has 0 radical (unpaired) electrons. The van der Waals surface area contributed by atoms with Crippen molar-refractivity contribution in [1.29, 1.82) is 0 Å². The molecule has 0 spiro atoms. The fraction of sp³-hybridized carbons (Fsp3) is 0.577. The molecule has 1 aliphatic carbocycles. The van der Waals surface area contributed by atoms with E-state index < -0.39 is 17.3 Å². The van der Waals surface area contributed by atoms with Crippen molar-refractivity contribution in [2.75, 3.05) is 17.2 Å². The summed E-state index contributed by atoms with van der Waals surface area (Å²) in [5.41, 5.74) is 2.40. The van der Waals surface area contributed by atoms with Crippen LogP contribution >= 0.6 is 0 Å². The fourth-order valence-electron chi connectivity index (χ4n) is 6.12. The first-order valence-electron chi connectivity index (χ1n) is 13.2. The van der Waals surface area contributed by atoms with Gasteiger partial charge in [-0.25, -0.2) is 22.9 Å². The van der Waals surface area contributed by atoms with Crippen LogP contribution in [0.4, 0.5) is 30.6 Å². The van der Waals surface area contributed by atoms with Gasteiger partial charge in [0.15, 0.2) is 11.6 Å². The highest BCUT2D eigenvalue weighted by atomic mass is 19.3. The molecule has 1 aromatic carbocycles. The number of anilines is 3. The third-order valence-electron chi connectivity index (χ3n) is 8.13. The van der Waals surface area contributed by atoms with E-state index in [0.717, 1.165) is 30.2 Å². The van der Waals surface area contributed by atoms with Gasteiger partial charge in [0.25, 0.3) is 5.92 Å². The normalized spacial score (nSPS) is 24.0. The van der Waals surface area contributed by atoms with Gasteiger partial charge in [-0.2, -0.15) is 14.3 Å². The molecule has 10 nitrogen and oxygen atoms in total. The Labute approximate surface area is 223 Å². The third-order valence-corrected chi connectivity index (χ3v) is 8.13. The van der Waals surface area contributed by atoms with Crippen molar-refractivity contribution < 1.29 is 13.2 Å². The van der Waals surface area contributed by atoms with Crippen LogP contribution in [0.1, 0.15) is 63.0 Å². The minimum absolute atomic E-state index is 0.0177. The van der Waals surface area contributed by atoms with E-state index in [1.807, 2.05) is 37.8 Å². The summed E-state index contributed by atoms with van der Waals surface area (Å²) in [6.07, 6.45) is 4.02. The summed E-state index contributed by atoms with van der Waals surface area (Å²) in [7, 11) is 1.54. The molecular weight excluding hydrogens is 511 g/mol. The number of nitrogens with one attached hydrogen (secondary N) is 2. The summed E-state index contributed by atoms with van der Waals surface area (Å²) in [6.45, 7) is 5.60. The summed E-state index contributed by atoms with van der Waals surface area (Å²) < 4.78 is 45.6. The van der Waals surface area contributed by atoms with Gasteiger partial charge in [0.2, 0.25) is 5.95 Å². The number of aromatic nitrogens is 6. The van der Waals surface area contributed by atoms with E-state index in [1.54, 1.807) is 7.05 Å². The molecule has 3 aliphatic rings. The number of alkyl halides is 2. The number of nitrogens with zero attached hydrogens (tertiary/aromatic N) is 7. The molecule has 3 aromatic rings. The number of aryl methyl sites for hydroxylation is 2. The Balaban J connectivity index is 1.26. The average molecular weight is 544 g/mol. The largest absolute Gasteiger partial charge is 0.368 e. The van der Waals surface area contributed by atoms with E-state index in [2.05, 4.69) is 31.0 Å². The number of halogens is 3. The van der Waals surface area contributed by atoms with Crippen molar-refractivity contribution in [2.24, 2.45) is 7.05 Å². The van der Waals surface area contributed by atoms with Gasteiger partial charge in [0, 0.05) is 36.8 Å². The van der Waals surface area contributed by atoms with E-state index >= 15 is 0 Å². The molecule has 0 amide bonds. The second-order valence-corrected chi connectivity index (χ2v) is 11.7. The lowest BCUT2D eigenvalue weighted by atomic mass is 9.84. The van der Waals surface area contributed by atoms with Crippen LogP contribution in [0.2, 0.25) is 0 Å². The molecule has 1 saturated carbocycles. The summed E-state index contributed by atoms with van der Waals surface area (Å²) in [5, 5.41) is 14.2. The zero-order valence-electron chi connectivity index (χ0n) is 22.4. The molecule has 4 heterocycles. The molecule has 2 N–H and O–H groups in total. The van der Waals surface area contributed by atoms with Crippen molar-refractivity contribution in [3.8, 4) is 5.69 Å². The van der Waals surface area contributed by atoms with Crippen molar-refractivity contribution in [3.05, 3.63) is 45.8 Å². The topological polar surface area (TPSA) is 106 Å². The average Bonchev–Trinajstić information content (AvgIpc) is 3.57. The molecule has 13 heteroatoms. The molecular formula is C26H32F3N9O.